The van der Waals surface area contributed by atoms with Crippen LogP contribution in [-0.2, 0) is 6.42 Å². The van der Waals surface area contributed by atoms with E-state index in [1.54, 1.807) is 0 Å². The first kappa shape index (κ1) is 20.5. The standard InChI is InChI=1S/C23H29ClN6/c1-2-25-23(27-12-8-17-16-28-21-7-6-18(24)15-20(17)21)29-19-9-13-30(14-10-19)22-5-3-4-11-26-22/h3-7,11,15-16,19,28H,2,8-10,12-14H2,1H3,(H2,25,27,29). The van der Waals surface area contributed by atoms with Crippen molar-refractivity contribution in [2.45, 2.75) is 32.2 Å². The van der Waals surface area contributed by atoms with Crippen molar-refractivity contribution in [2.75, 3.05) is 31.1 Å². The Balaban J connectivity index is 1.32. The number of halogens is 1. The van der Waals surface area contributed by atoms with Crippen molar-refractivity contribution < 1.29 is 0 Å². The number of aliphatic imine (C=N–C) groups is 1. The number of rotatable bonds is 6. The molecule has 1 aromatic carbocycles. The van der Waals surface area contributed by atoms with E-state index in [2.05, 4.69) is 44.7 Å². The lowest BCUT2D eigenvalue weighted by atomic mass is 10.1. The van der Waals surface area contributed by atoms with Crippen LogP contribution in [0.15, 0.2) is 53.8 Å². The van der Waals surface area contributed by atoms with Crippen LogP contribution in [0.1, 0.15) is 25.3 Å². The molecule has 6 nitrogen and oxygen atoms in total. The number of fused-ring (bicyclic) bond motifs is 1. The predicted molar refractivity (Wildman–Crippen MR) is 126 cm³/mol. The molecule has 1 aliphatic rings. The molecule has 0 amide bonds. The van der Waals surface area contributed by atoms with Gasteiger partial charge in [0.15, 0.2) is 5.96 Å². The lowest BCUT2D eigenvalue weighted by Gasteiger charge is -2.33. The molecular weight excluding hydrogens is 396 g/mol. The summed E-state index contributed by atoms with van der Waals surface area (Å²) in [6.45, 7) is 5.68. The molecule has 2 aromatic heterocycles. The average molecular weight is 425 g/mol. The Hall–Kier alpha value is -2.73. The van der Waals surface area contributed by atoms with Crippen molar-refractivity contribution in [3.8, 4) is 0 Å². The molecule has 0 atom stereocenters. The summed E-state index contributed by atoms with van der Waals surface area (Å²) in [5.74, 6) is 1.96. The van der Waals surface area contributed by atoms with Crippen LogP contribution in [0.3, 0.4) is 0 Å². The van der Waals surface area contributed by atoms with Crippen LogP contribution < -0.4 is 15.5 Å². The minimum Gasteiger partial charge on any atom is -0.361 e. The summed E-state index contributed by atoms with van der Waals surface area (Å²) in [6, 6.07) is 12.5. The maximum atomic E-state index is 6.16. The zero-order valence-corrected chi connectivity index (χ0v) is 18.1. The van der Waals surface area contributed by atoms with Crippen LogP contribution >= 0.6 is 11.6 Å². The molecule has 1 fully saturated rings. The quantitative estimate of drug-likeness (QED) is 0.413. The number of H-pyrrole nitrogens is 1. The van der Waals surface area contributed by atoms with Gasteiger partial charge in [-0.1, -0.05) is 17.7 Å². The van der Waals surface area contributed by atoms with Crippen LogP contribution in [0.25, 0.3) is 10.9 Å². The van der Waals surface area contributed by atoms with Crippen LogP contribution in [0.2, 0.25) is 5.02 Å². The number of hydrogen-bond acceptors (Lipinski definition) is 3. The van der Waals surface area contributed by atoms with Gasteiger partial charge in [-0.05, 0) is 62.1 Å². The minimum absolute atomic E-state index is 0.426. The first-order chi connectivity index (χ1) is 14.7. The molecule has 3 heterocycles. The topological polar surface area (TPSA) is 68.3 Å². The molecule has 158 valence electrons. The zero-order chi connectivity index (χ0) is 20.8. The van der Waals surface area contributed by atoms with Gasteiger partial charge in [-0.3, -0.25) is 4.99 Å². The predicted octanol–water partition coefficient (Wildman–Crippen LogP) is 3.98. The summed E-state index contributed by atoms with van der Waals surface area (Å²) in [5, 5.41) is 8.94. The van der Waals surface area contributed by atoms with Crippen molar-refractivity contribution in [3.05, 3.63) is 59.4 Å². The van der Waals surface area contributed by atoms with Gasteiger partial charge in [0.25, 0.3) is 0 Å². The molecule has 3 aromatic rings. The van der Waals surface area contributed by atoms with E-state index >= 15 is 0 Å². The number of aromatic amines is 1. The number of anilines is 1. The summed E-state index contributed by atoms with van der Waals surface area (Å²) < 4.78 is 0. The van der Waals surface area contributed by atoms with Crippen molar-refractivity contribution in [3.63, 3.8) is 0 Å². The fourth-order valence-electron chi connectivity index (χ4n) is 3.95. The Labute approximate surface area is 182 Å². The second-order valence-corrected chi connectivity index (χ2v) is 8.04. The molecule has 0 saturated carbocycles. The normalized spacial score (nSPS) is 15.5. The molecule has 3 N–H and O–H groups in total. The molecule has 0 aliphatic carbocycles. The highest BCUT2D eigenvalue weighted by Crippen LogP contribution is 2.22. The fourth-order valence-corrected chi connectivity index (χ4v) is 4.12. The molecule has 4 rings (SSSR count). The van der Waals surface area contributed by atoms with Crippen LogP contribution in [0.5, 0.6) is 0 Å². The number of piperidine rings is 1. The monoisotopic (exact) mass is 424 g/mol. The van der Waals surface area contributed by atoms with E-state index in [1.165, 1.54) is 10.9 Å². The van der Waals surface area contributed by atoms with E-state index in [9.17, 15) is 0 Å². The highest BCUT2D eigenvalue weighted by molar-refractivity contribution is 6.31. The van der Waals surface area contributed by atoms with E-state index in [0.717, 1.165) is 67.8 Å². The second kappa shape index (κ2) is 9.85. The van der Waals surface area contributed by atoms with Gasteiger partial charge in [-0.2, -0.15) is 0 Å². The maximum Gasteiger partial charge on any atom is 0.191 e. The fraction of sp³-hybridized carbons (Fsp3) is 0.391. The second-order valence-electron chi connectivity index (χ2n) is 7.61. The number of guanidine groups is 1. The zero-order valence-electron chi connectivity index (χ0n) is 17.4. The van der Waals surface area contributed by atoms with Crippen LogP contribution in [0, 0.1) is 0 Å². The Morgan fingerprint density at radius 1 is 1.27 bits per heavy atom. The maximum absolute atomic E-state index is 6.16. The van der Waals surface area contributed by atoms with Gasteiger partial charge in [-0.25, -0.2) is 4.98 Å². The SMILES string of the molecule is CCNC(=NCCc1c[nH]c2ccc(Cl)cc12)NC1CCN(c2ccccn2)CC1. The highest BCUT2D eigenvalue weighted by Gasteiger charge is 2.20. The van der Waals surface area contributed by atoms with Gasteiger partial charge in [-0.15, -0.1) is 0 Å². The number of benzene rings is 1. The molecule has 1 saturated heterocycles. The molecular formula is C23H29ClN6. The van der Waals surface area contributed by atoms with Gasteiger partial charge < -0.3 is 20.5 Å². The van der Waals surface area contributed by atoms with Gasteiger partial charge in [0.05, 0.1) is 0 Å². The summed E-state index contributed by atoms with van der Waals surface area (Å²) in [7, 11) is 0. The molecule has 1 aliphatic heterocycles. The average Bonchev–Trinajstić information content (AvgIpc) is 3.17. The van der Waals surface area contributed by atoms with Gasteiger partial charge in [0.2, 0.25) is 0 Å². The lowest BCUT2D eigenvalue weighted by Crippen LogP contribution is -2.49. The van der Waals surface area contributed by atoms with Gasteiger partial charge in [0, 0.05) is 60.5 Å². The summed E-state index contributed by atoms with van der Waals surface area (Å²) in [4.78, 5) is 14.9. The van der Waals surface area contributed by atoms with E-state index in [1.807, 2.05) is 36.5 Å². The highest BCUT2D eigenvalue weighted by atomic mass is 35.5. The Bertz CT molecular complexity index is 976. The first-order valence-corrected chi connectivity index (χ1v) is 11.1. The number of nitrogens with zero attached hydrogens (tertiary/aromatic N) is 3. The summed E-state index contributed by atoms with van der Waals surface area (Å²) in [6.07, 6.45) is 6.93. The smallest absolute Gasteiger partial charge is 0.191 e. The van der Waals surface area contributed by atoms with Crippen molar-refractivity contribution in [1.82, 2.24) is 20.6 Å². The lowest BCUT2D eigenvalue weighted by molar-refractivity contribution is 0.459. The number of nitrogens with one attached hydrogen (secondary N) is 3. The third-order valence-electron chi connectivity index (χ3n) is 5.53. The van der Waals surface area contributed by atoms with Crippen LogP contribution in [-0.4, -0.2) is 48.1 Å². The van der Waals surface area contributed by atoms with Crippen molar-refractivity contribution in [2.24, 2.45) is 4.99 Å². The van der Waals surface area contributed by atoms with Gasteiger partial charge >= 0.3 is 0 Å². The van der Waals surface area contributed by atoms with E-state index in [-0.39, 0.29) is 0 Å². The summed E-state index contributed by atoms with van der Waals surface area (Å²) in [5.41, 5.74) is 2.36. The third-order valence-corrected chi connectivity index (χ3v) is 5.77. The molecule has 7 heteroatoms. The number of aromatic nitrogens is 2. The summed E-state index contributed by atoms with van der Waals surface area (Å²) >= 11 is 6.16. The molecule has 0 radical (unpaired) electrons. The van der Waals surface area contributed by atoms with Crippen molar-refractivity contribution in [1.29, 1.82) is 0 Å². The number of pyridine rings is 1. The minimum atomic E-state index is 0.426. The molecule has 0 spiro atoms. The van der Waals surface area contributed by atoms with E-state index in [4.69, 9.17) is 16.6 Å². The molecule has 30 heavy (non-hydrogen) atoms. The first-order valence-electron chi connectivity index (χ1n) is 10.7. The Kier molecular flexibility index (Phi) is 6.74. The molecule has 0 bridgehead atoms. The Morgan fingerprint density at radius 2 is 2.13 bits per heavy atom. The van der Waals surface area contributed by atoms with E-state index in [0.29, 0.717) is 6.04 Å². The van der Waals surface area contributed by atoms with Gasteiger partial charge in [0.1, 0.15) is 5.82 Å². The molecule has 0 unspecified atom stereocenters. The van der Waals surface area contributed by atoms with E-state index < -0.39 is 0 Å². The van der Waals surface area contributed by atoms with Crippen molar-refractivity contribution >= 4 is 34.3 Å². The van der Waals surface area contributed by atoms with Crippen LogP contribution in [0.4, 0.5) is 5.82 Å². The Morgan fingerprint density at radius 3 is 2.90 bits per heavy atom. The number of hydrogen-bond donors (Lipinski definition) is 3. The largest absolute Gasteiger partial charge is 0.361 e. The third kappa shape index (κ3) is 5.05.